The van der Waals surface area contributed by atoms with Gasteiger partial charge in [-0.2, -0.15) is 0 Å². The second-order valence-corrected chi connectivity index (χ2v) is 6.27. The lowest BCUT2D eigenvalue weighted by Crippen LogP contribution is -2.41. The molecule has 1 rings (SSSR count). The average Bonchev–Trinajstić information content (AvgIpc) is 2.26. The summed E-state index contributed by atoms with van der Waals surface area (Å²) >= 11 is 8.07. The Morgan fingerprint density at radius 1 is 1.42 bits per heavy atom. The van der Waals surface area contributed by atoms with Crippen LogP contribution in [0.1, 0.15) is 30.6 Å². The molecule has 0 saturated heterocycles. The summed E-state index contributed by atoms with van der Waals surface area (Å²) in [7, 11) is 0. The van der Waals surface area contributed by atoms with Crippen molar-refractivity contribution in [2.75, 3.05) is 0 Å². The summed E-state index contributed by atoms with van der Waals surface area (Å²) in [6.45, 7) is 3.81. The zero-order valence-electron chi connectivity index (χ0n) is 10.6. The first-order valence-electron chi connectivity index (χ1n) is 5.80. The van der Waals surface area contributed by atoms with E-state index in [1.807, 2.05) is 13.8 Å². The maximum absolute atomic E-state index is 12.0. The lowest BCUT2D eigenvalue weighted by molar-refractivity contribution is -0.139. The van der Waals surface area contributed by atoms with Crippen molar-refractivity contribution in [1.29, 1.82) is 0 Å². The summed E-state index contributed by atoms with van der Waals surface area (Å²) in [5.74, 6) is -1.33. The predicted molar refractivity (Wildman–Crippen MR) is 82.5 cm³/mol. The maximum atomic E-state index is 12.0. The molecule has 2 N–H and O–H groups in total. The van der Waals surface area contributed by atoms with Crippen LogP contribution in [0.4, 0.5) is 0 Å². The number of nitrogens with one attached hydrogen (secondary N) is 1. The molecular formula is C13H15ClINO3. The lowest BCUT2D eigenvalue weighted by Gasteiger charge is -2.16. The largest absolute Gasteiger partial charge is 0.480 e. The van der Waals surface area contributed by atoms with Crippen LogP contribution in [-0.2, 0) is 4.79 Å². The molecule has 0 heterocycles. The number of rotatable bonds is 5. The zero-order valence-corrected chi connectivity index (χ0v) is 13.5. The summed E-state index contributed by atoms with van der Waals surface area (Å²) in [5.41, 5.74) is 0.289. The fraction of sp³-hybridized carbons (Fsp3) is 0.385. The molecule has 0 bridgehead atoms. The van der Waals surface area contributed by atoms with Gasteiger partial charge in [0.15, 0.2) is 0 Å². The fourth-order valence-corrected chi connectivity index (χ4v) is 2.54. The molecule has 0 radical (unpaired) electrons. The molecule has 104 valence electrons. The Kier molecular flexibility index (Phi) is 6.06. The molecule has 1 aromatic rings. The van der Waals surface area contributed by atoms with Crippen molar-refractivity contribution in [3.05, 3.63) is 32.4 Å². The van der Waals surface area contributed by atoms with Crippen molar-refractivity contribution in [3.63, 3.8) is 0 Å². The first-order valence-corrected chi connectivity index (χ1v) is 7.25. The van der Waals surface area contributed by atoms with Crippen LogP contribution in [0.15, 0.2) is 18.2 Å². The molecule has 0 aliphatic carbocycles. The van der Waals surface area contributed by atoms with Gasteiger partial charge in [0, 0.05) is 3.57 Å². The van der Waals surface area contributed by atoms with E-state index in [4.69, 9.17) is 16.7 Å². The highest BCUT2D eigenvalue weighted by molar-refractivity contribution is 14.1. The minimum absolute atomic E-state index is 0.175. The van der Waals surface area contributed by atoms with Crippen LogP contribution in [-0.4, -0.2) is 23.0 Å². The molecule has 0 aromatic heterocycles. The minimum atomic E-state index is -1.04. The Hall–Kier alpha value is -0.820. The Morgan fingerprint density at radius 2 is 2.05 bits per heavy atom. The van der Waals surface area contributed by atoms with E-state index in [-0.39, 0.29) is 11.5 Å². The van der Waals surface area contributed by atoms with Crippen molar-refractivity contribution in [1.82, 2.24) is 5.32 Å². The molecule has 1 amide bonds. The average molecular weight is 396 g/mol. The van der Waals surface area contributed by atoms with Gasteiger partial charge in [-0.3, -0.25) is 4.79 Å². The Labute approximate surface area is 130 Å². The van der Waals surface area contributed by atoms with Gasteiger partial charge in [0.25, 0.3) is 5.91 Å². The van der Waals surface area contributed by atoms with Crippen LogP contribution in [0.2, 0.25) is 5.02 Å². The smallest absolute Gasteiger partial charge is 0.326 e. The number of carbonyl (C=O) groups excluding carboxylic acids is 1. The first kappa shape index (κ1) is 16.2. The van der Waals surface area contributed by atoms with Gasteiger partial charge in [-0.05, 0) is 53.1 Å². The van der Waals surface area contributed by atoms with Gasteiger partial charge >= 0.3 is 5.97 Å². The van der Waals surface area contributed by atoms with Crippen molar-refractivity contribution in [2.45, 2.75) is 26.3 Å². The van der Waals surface area contributed by atoms with Crippen LogP contribution in [0.3, 0.4) is 0 Å². The molecular weight excluding hydrogens is 381 g/mol. The number of hydrogen-bond acceptors (Lipinski definition) is 2. The monoisotopic (exact) mass is 395 g/mol. The number of carboxylic acids is 1. The molecule has 0 spiro atoms. The van der Waals surface area contributed by atoms with Crippen molar-refractivity contribution < 1.29 is 14.7 Å². The van der Waals surface area contributed by atoms with Gasteiger partial charge in [-0.15, -0.1) is 0 Å². The molecule has 1 unspecified atom stereocenters. The highest BCUT2D eigenvalue weighted by Gasteiger charge is 2.22. The molecule has 0 aliphatic rings. The third kappa shape index (κ3) is 4.99. The molecule has 19 heavy (non-hydrogen) atoms. The molecule has 0 saturated carbocycles. The second-order valence-electron chi connectivity index (χ2n) is 4.62. The maximum Gasteiger partial charge on any atom is 0.326 e. The van der Waals surface area contributed by atoms with E-state index in [1.54, 1.807) is 18.2 Å². The van der Waals surface area contributed by atoms with Crippen LogP contribution in [0.25, 0.3) is 0 Å². The minimum Gasteiger partial charge on any atom is -0.480 e. The Balaban J connectivity index is 2.84. The van der Waals surface area contributed by atoms with Crippen molar-refractivity contribution in [3.8, 4) is 0 Å². The molecule has 6 heteroatoms. The number of aliphatic carboxylic acids is 1. The molecule has 1 atom stereocenters. The van der Waals surface area contributed by atoms with Crippen LogP contribution in [0, 0.1) is 9.49 Å². The van der Waals surface area contributed by atoms with Crippen LogP contribution in [0.5, 0.6) is 0 Å². The van der Waals surface area contributed by atoms with E-state index in [0.29, 0.717) is 11.4 Å². The van der Waals surface area contributed by atoms with E-state index in [2.05, 4.69) is 27.9 Å². The van der Waals surface area contributed by atoms with E-state index in [9.17, 15) is 9.59 Å². The number of halogens is 2. The number of benzene rings is 1. The van der Waals surface area contributed by atoms with Gasteiger partial charge in [0.1, 0.15) is 6.04 Å². The predicted octanol–water partition coefficient (Wildman–Crippen LogP) is 3.17. The van der Waals surface area contributed by atoms with E-state index in [1.165, 1.54) is 0 Å². The van der Waals surface area contributed by atoms with Crippen LogP contribution < -0.4 is 5.32 Å². The highest BCUT2D eigenvalue weighted by Crippen LogP contribution is 2.19. The molecule has 4 nitrogen and oxygen atoms in total. The number of carbonyl (C=O) groups is 2. The quantitative estimate of drug-likeness (QED) is 0.753. The van der Waals surface area contributed by atoms with Gasteiger partial charge in [0.2, 0.25) is 0 Å². The fourth-order valence-electron chi connectivity index (χ4n) is 1.60. The van der Waals surface area contributed by atoms with Crippen LogP contribution >= 0.6 is 34.2 Å². The van der Waals surface area contributed by atoms with Gasteiger partial charge < -0.3 is 10.4 Å². The van der Waals surface area contributed by atoms with Gasteiger partial charge in [-0.1, -0.05) is 25.4 Å². The van der Waals surface area contributed by atoms with Gasteiger partial charge in [0.05, 0.1) is 10.6 Å². The number of carboxylic acid groups (broad SMARTS) is 1. The summed E-state index contributed by atoms with van der Waals surface area (Å²) in [6, 6.07) is 4.10. The van der Waals surface area contributed by atoms with E-state index < -0.39 is 17.9 Å². The summed E-state index contributed by atoms with van der Waals surface area (Å²) < 4.78 is 0.913. The zero-order chi connectivity index (χ0) is 14.6. The van der Waals surface area contributed by atoms with Crippen molar-refractivity contribution >= 4 is 46.1 Å². The normalized spacial score (nSPS) is 12.3. The standard InChI is InChI=1S/C13H15ClINO3/c1-7(2)5-11(13(18)19)16-12(17)9-4-3-8(15)6-10(9)14/h3-4,6-7,11H,5H2,1-2H3,(H,16,17)(H,18,19). The summed E-state index contributed by atoms with van der Waals surface area (Å²) in [5, 5.41) is 11.9. The van der Waals surface area contributed by atoms with Gasteiger partial charge in [-0.25, -0.2) is 4.79 Å². The first-order chi connectivity index (χ1) is 8.81. The Bertz CT molecular complexity index is 491. The number of amides is 1. The van der Waals surface area contributed by atoms with Crippen molar-refractivity contribution in [2.24, 2.45) is 5.92 Å². The summed E-state index contributed by atoms with van der Waals surface area (Å²) in [4.78, 5) is 23.1. The molecule has 0 fully saturated rings. The molecule has 0 aliphatic heterocycles. The summed E-state index contributed by atoms with van der Waals surface area (Å²) in [6.07, 6.45) is 0.378. The highest BCUT2D eigenvalue weighted by atomic mass is 127. The van der Waals surface area contributed by atoms with E-state index >= 15 is 0 Å². The van der Waals surface area contributed by atoms with E-state index in [0.717, 1.165) is 3.57 Å². The topological polar surface area (TPSA) is 66.4 Å². The third-order valence-electron chi connectivity index (χ3n) is 2.49. The second kappa shape index (κ2) is 7.09. The number of hydrogen-bond donors (Lipinski definition) is 2. The molecule has 1 aromatic carbocycles. The third-order valence-corrected chi connectivity index (χ3v) is 3.47. The SMILES string of the molecule is CC(C)CC(NC(=O)c1ccc(I)cc1Cl)C(=O)O. The Morgan fingerprint density at radius 3 is 2.53 bits per heavy atom. The lowest BCUT2D eigenvalue weighted by atomic mass is 10.0.